The highest BCUT2D eigenvalue weighted by molar-refractivity contribution is 6.19. The normalized spacial score (nSPS) is 11.6. The van der Waals surface area contributed by atoms with Crippen molar-refractivity contribution in [3.05, 3.63) is 181 Å². The third-order valence-corrected chi connectivity index (χ3v) is 8.61. The summed E-state index contributed by atoms with van der Waals surface area (Å²) in [6, 6.07) is 59.2. The molecule has 0 aliphatic heterocycles. The summed E-state index contributed by atoms with van der Waals surface area (Å²) >= 11 is 0. The molecule has 8 rings (SSSR count). The van der Waals surface area contributed by atoms with Crippen molar-refractivity contribution in [2.24, 2.45) is 0 Å². The third kappa shape index (κ3) is 4.79. The zero-order chi connectivity index (χ0) is 29.3. The van der Waals surface area contributed by atoms with Crippen LogP contribution in [0.15, 0.2) is 170 Å². The molecule has 44 heavy (non-hydrogen) atoms. The van der Waals surface area contributed by atoms with Crippen LogP contribution in [0, 0.1) is 0 Å². The van der Waals surface area contributed by atoms with Gasteiger partial charge in [-0.3, -0.25) is 0 Å². The van der Waals surface area contributed by atoms with E-state index in [1.807, 2.05) is 0 Å². The van der Waals surface area contributed by atoms with E-state index in [1.54, 1.807) is 0 Å². The van der Waals surface area contributed by atoms with Crippen molar-refractivity contribution in [1.82, 2.24) is 4.57 Å². The van der Waals surface area contributed by atoms with E-state index in [2.05, 4.69) is 181 Å². The molecular formula is C43H31N. The van der Waals surface area contributed by atoms with Gasteiger partial charge in [0.05, 0.1) is 11.0 Å². The summed E-state index contributed by atoms with van der Waals surface area (Å²) < 4.78 is 2.45. The van der Waals surface area contributed by atoms with Crippen molar-refractivity contribution in [1.29, 1.82) is 0 Å². The molecule has 0 amide bonds. The van der Waals surface area contributed by atoms with Gasteiger partial charge in [-0.25, -0.2) is 0 Å². The molecule has 0 saturated heterocycles. The SMILES string of the molecule is C(=C\c1ccc(-c2ccc3c(c2)c2ccc4ccccc4c2n3-c2cccc(-c3ccccc3)c2)cc1)/Cc1ccccc1. The predicted molar refractivity (Wildman–Crippen MR) is 188 cm³/mol. The van der Waals surface area contributed by atoms with Crippen LogP contribution in [-0.4, -0.2) is 4.57 Å². The minimum absolute atomic E-state index is 0.937. The van der Waals surface area contributed by atoms with E-state index in [0.29, 0.717) is 0 Å². The lowest BCUT2D eigenvalue weighted by molar-refractivity contribution is 1.19. The average molecular weight is 562 g/mol. The van der Waals surface area contributed by atoms with Gasteiger partial charge in [-0.15, -0.1) is 0 Å². The van der Waals surface area contributed by atoms with Crippen molar-refractivity contribution in [3.8, 4) is 27.9 Å². The number of hydrogen-bond acceptors (Lipinski definition) is 0. The summed E-state index contributed by atoms with van der Waals surface area (Å²) in [5, 5.41) is 5.05. The fourth-order valence-corrected chi connectivity index (χ4v) is 6.42. The molecule has 0 unspecified atom stereocenters. The van der Waals surface area contributed by atoms with Crippen LogP contribution in [0.2, 0.25) is 0 Å². The van der Waals surface area contributed by atoms with E-state index in [9.17, 15) is 0 Å². The van der Waals surface area contributed by atoms with E-state index < -0.39 is 0 Å². The number of rotatable bonds is 6. The second-order valence-electron chi connectivity index (χ2n) is 11.4. The second-order valence-corrected chi connectivity index (χ2v) is 11.4. The fourth-order valence-electron chi connectivity index (χ4n) is 6.42. The summed E-state index contributed by atoms with van der Waals surface area (Å²) in [7, 11) is 0. The van der Waals surface area contributed by atoms with Gasteiger partial charge in [0.1, 0.15) is 0 Å². The lowest BCUT2D eigenvalue weighted by atomic mass is 10.0. The van der Waals surface area contributed by atoms with Gasteiger partial charge in [0.15, 0.2) is 0 Å². The lowest BCUT2D eigenvalue weighted by Crippen LogP contribution is -1.95. The Hall–Kier alpha value is -5.66. The Kier molecular flexibility index (Phi) is 6.62. The number of hydrogen-bond donors (Lipinski definition) is 0. The standard InChI is InChI=1S/C43H31N/c1-3-11-31(12-4-1)13-9-14-32-21-23-34(24-22-32)37-26-28-42-41(30-37)40-27-25-35-17-7-8-20-39(35)43(40)44(42)38-19-10-18-36(29-38)33-15-5-2-6-16-33/h1-12,14-30H,13H2/b14-9+. The Morgan fingerprint density at radius 3 is 1.98 bits per heavy atom. The maximum atomic E-state index is 2.45. The van der Waals surface area contributed by atoms with Crippen LogP contribution in [0.3, 0.4) is 0 Å². The molecule has 7 aromatic carbocycles. The van der Waals surface area contributed by atoms with Gasteiger partial charge in [0.2, 0.25) is 0 Å². The molecule has 0 fully saturated rings. The van der Waals surface area contributed by atoms with Crippen LogP contribution < -0.4 is 0 Å². The van der Waals surface area contributed by atoms with Crippen LogP contribution in [0.5, 0.6) is 0 Å². The monoisotopic (exact) mass is 561 g/mol. The average Bonchev–Trinajstić information content (AvgIpc) is 3.44. The Bertz CT molecular complexity index is 2270. The molecule has 0 spiro atoms. The minimum Gasteiger partial charge on any atom is -0.309 e. The summed E-state index contributed by atoms with van der Waals surface area (Å²) in [5.41, 5.74) is 11.1. The van der Waals surface area contributed by atoms with Crippen molar-refractivity contribution in [2.75, 3.05) is 0 Å². The number of allylic oxidation sites excluding steroid dienone is 1. The summed E-state index contributed by atoms with van der Waals surface area (Å²) in [4.78, 5) is 0. The molecule has 0 saturated carbocycles. The van der Waals surface area contributed by atoms with Gasteiger partial charge in [-0.1, -0.05) is 152 Å². The fraction of sp³-hybridized carbons (Fsp3) is 0.0233. The number of fused-ring (bicyclic) bond motifs is 5. The quantitative estimate of drug-likeness (QED) is 0.190. The van der Waals surface area contributed by atoms with Crippen molar-refractivity contribution < 1.29 is 0 Å². The van der Waals surface area contributed by atoms with E-state index in [1.165, 1.54) is 71.6 Å². The number of aromatic nitrogens is 1. The lowest BCUT2D eigenvalue weighted by Gasteiger charge is -2.12. The maximum Gasteiger partial charge on any atom is 0.0619 e. The van der Waals surface area contributed by atoms with Crippen LogP contribution in [0.4, 0.5) is 0 Å². The van der Waals surface area contributed by atoms with Crippen molar-refractivity contribution in [3.63, 3.8) is 0 Å². The van der Waals surface area contributed by atoms with Crippen LogP contribution in [-0.2, 0) is 6.42 Å². The molecule has 1 nitrogen and oxygen atoms in total. The first-order valence-corrected chi connectivity index (χ1v) is 15.2. The Labute approximate surface area is 258 Å². The largest absolute Gasteiger partial charge is 0.309 e. The molecule has 1 heteroatoms. The van der Waals surface area contributed by atoms with Gasteiger partial charge in [0, 0.05) is 21.8 Å². The van der Waals surface area contributed by atoms with Crippen molar-refractivity contribution >= 4 is 38.7 Å². The molecular weight excluding hydrogens is 530 g/mol. The Balaban J connectivity index is 1.23. The molecule has 208 valence electrons. The van der Waals surface area contributed by atoms with Gasteiger partial charge >= 0.3 is 0 Å². The van der Waals surface area contributed by atoms with E-state index in [-0.39, 0.29) is 0 Å². The number of nitrogens with zero attached hydrogens (tertiary/aromatic N) is 1. The first kappa shape index (κ1) is 26.0. The highest BCUT2D eigenvalue weighted by atomic mass is 15.0. The highest BCUT2D eigenvalue weighted by Gasteiger charge is 2.16. The first-order chi connectivity index (χ1) is 21.8. The highest BCUT2D eigenvalue weighted by Crippen LogP contribution is 2.39. The van der Waals surface area contributed by atoms with E-state index in [0.717, 1.165) is 6.42 Å². The minimum atomic E-state index is 0.937. The molecule has 0 aliphatic rings. The van der Waals surface area contributed by atoms with Crippen LogP contribution >= 0.6 is 0 Å². The first-order valence-electron chi connectivity index (χ1n) is 15.2. The predicted octanol–water partition coefficient (Wildman–Crippen LogP) is 11.5. The Morgan fingerprint density at radius 1 is 0.455 bits per heavy atom. The van der Waals surface area contributed by atoms with E-state index >= 15 is 0 Å². The molecule has 0 N–H and O–H groups in total. The number of benzene rings is 7. The summed E-state index contributed by atoms with van der Waals surface area (Å²) in [5.74, 6) is 0. The molecule has 1 aromatic heterocycles. The van der Waals surface area contributed by atoms with Gasteiger partial charge in [-0.2, -0.15) is 0 Å². The topological polar surface area (TPSA) is 4.93 Å². The molecule has 0 bridgehead atoms. The molecule has 8 aromatic rings. The molecule has 0 radical (unpaired) electrons. The zero-order valence-electron chi connectivity index (χ0n) is 24.4. The van der Waals surface area contributed by atoms with Gasteiger partial charge < -0.3 is 4.57 Å². The second kappa shape index (κ2) is 11.2. The smallest absolute Gasteiger partial charge is 0.0619 e. The van der Waals surface area contributed by atoms with E-state index in [4.69, 9.17) is 0 Å². The van der Waals surface area contributed by atoms with Gasteiger partial charge in [0.25, 0.3) is 0 Å². The maximum absolute atomic E-state index is 2.45. The van der Waals surface area contributed by atoms with Crippen molar-refractivity contribution in [2.45, 2.75) is 6.42 Å². The summed E-state index contributed by atoms with van der Waals surface area (Å²) in [6.45, 7) is 0. The molecule has 0 atom stereocenters. The Morgan fingerprint density at radius 2 is 1.14 bits per heavy atom. The summed E-state index contributed by atoms with van der Waals surface area (Å²) in [6.07, 6.45) is 5.39. The zero-order valence-corrected chi connectivity index (χ0v) is 24.4. The van der Waals surface area contributed by atoms with Gasteiger partial charge in [-0.05, 0) is 69.5 Å². The van der Waals surface area contributed by atoms with Crippen LogP contribution in [0.25, 0.3) is 66.6 Å². The van der Waals surface area contributed by atoms with Crippen LogP contribution in [0.1, 0.15) is 11.1 Å². The molecule has 0 aliphatic carbocycles. The third-order valence-electron chi connectivity index (χ3n) is 8.61. The molecule has 1 heterocycles.